The zero-order valence-corrected chi connectivity index (χ0v) is 18.8. The topological polar surface area (TPSA) is 96.5 Å². The van der Waals surface area contributed by atoms with E-state index in [4.69, 9.17) is 4.74 Å². The molecule has 7 nitrogen and oxygen atoms in total. The maximum absolute atomic E-state index is 13.4. The van der Waals surface area contributed by atoms with Crippen molar-refractivity contribution >= 4 is 17.6 Å². The summed E-state index contributed by atoms with van der Waals surface area (Å²) >= 11 is 0. The fourth-order valence-corrected chi connectivity index (χ4v) is 4.01. The van der Waals surface area contributed by atoms with E-state index >= 15 is 0 Å². The highest BCUT2D eigenvalue weighted by molar-refractivity contribution is 6.02. The molecule has 0 radical (unpaired) electrons. The minimum absolute atomic E-state index is 0.0461. The SMILES string of the molecule is Cc1ccc(Oc2nc3c(C)cccn3c(=O)c2/C=C(\C#N)C(=O)NC2CCCCC2)cc1. The van der Waals surface area contributed by atoms with Crippen LogP contribution in [0.25, 0.3) is 11.7 Å². The van der Waals surface area contributed by atoms with Gasteiger partial charge in [-0.15, -0.1) is 0 Å². The summed E-state index contributed by atoms with van der Waals surface area (Å²) in [5, 5.41) is 12.6. The second kappa shape index (κ2) is 9.70. The van der Waals surface area contributed by atoms with Crippen LogP contribution in [0.3, 0.4) is 0 Å². The Morgan fingerprint density at radius 3 is 2.61 bits per heavy atom. The molecule has 0 unspecified atom stereocenters. The van der Waals surface area contributed by atoms with Gasteiger partial charge in [0.05, 0.1) is 0 Å². The molecule has 1 amide bonds. The van der Waals surface area contributed by atoms with Crippen molar-refractivity contribution < 1.29 is 9.53 Å². The summed E-state index contributed by atoms with van der Waals surface area (Å²) in [5.74, 6) is 0.0704. The van der Waals surface area contributed by atoms with E-state index in [9.17, 15) is 14.9 Å². The van der Waals surface area contributed by atoms with Crippen LogP contribution in [-0.4, -0.2) is 21.3 Å². The van der Waals surface area contributed by atoms with Gasteiger partial charge in [-0.25, -0.2) is 0 Å². The molecular formula is C26H26N4O3. The number of benzene rings is 1. The molecule has 0 aliphatic heterocycles. The van der Waals surface area contributed by atoms with Crippen LogP contribution in [-0.2, 0) is 4.79 Å². The Morgan fingerprint density at radius 2 is 1.91 bits per heavy atom. The maximum atomic E-state index is 13.4. The van der Waals surface area contributed by atoms with E-state index in [0.717, 1.165) is 43.2 Å². The van der Waals surface area contributed by atoms with E-state index in [2.05, 4.69) is 10.3 Å². The molecule has 4 rings (SSSR count). The van der Waals surface area contributed by atoms with Gasteiger partial charge in [0.15, 0.2) is 0 Å². The zero-order valence-electron chi connectivity index (χ0n) is 18.8. The zero-order chi connectivity index (χ0) is 23.4. The van der Waals surface area contributed by atoms with Crippen LogP contribution in [0, 0.1) is 25.2 Å². The number of amides is 1. The van der Waals surface area contributed by atoms with Gasteiger partial charge in [-0.3, -0.25) is 14.0 Å². The molecule has 7 heteroatoms. The van der Waals surface area contributed by atoms with Gasteiger partial charge < -0.3 is 10.1 Å². The van der Waals surface area contributed by atoms with Gasteiger partial charge in [-0.1, -0.05) is 43.0 Å². The van der Waals surface area contributed by atoms with E-state index in [1.165, 1.54) is 10.5 Å². The van der Waals surface area contributed by atoms with Crippen LogP contribution in [0.4, 0.5) is 0 Å². The van der Waals surface area contributed by atoms with Crippen LogP contribution in [0.2, 0.25) is 0 Å². The molecule has 2 heterocycles. The molecule has 1 fully saturated rings. The molecule has 1 aromatic carbocycles. The largest absolute Gasteiger partial charge is 0.438 e. The fraction of sp³-hybridized carbons (Fsp3) is 0.308. The minimum atomic E-state index is -0.487. The quantitative estimate of drug-likeness (QED) is 0.465. The Morgan fingerprint density at radius 1 is 1.18 bits per heavy atom. The number of nitriles is 1. The first-order chi connectivity index (χ1) is 16.0. The number of hydrogen-bond acceptors (Lipinski definition) is 5. The van der Waals surface area contributed by atoms with Crippen molar-refractivity contribution in [2.45, 2.75) is 52.0 Å². The van der Waals surface area contributed by atoms with E-state index in [1.807, 2.05) is 38.1 Å². The lowest BCUT2D eigenvalue weighted by atomic mass is 9.95. The standard InChI is InChI=1S/C26H26N4O3/c1-17-10-12-21(13-11-17)33-25-22(26(32)30-14-6-7-18(2)23(30)29-25)15-19(16-27)24(31)28-20-8-4-3-5-9-20/h6-7,10-15,20H,3-5,8-9H2,1-2H3,(H,28,31)/b19-15+. The van der Waals surface area contributed by atoms with Crippen molar-refractivity contribution in [2.24, 2.45) is 0 Å². The van der Waals surface area contributed by atoms with Crippen LogP contribution in [0.1, 0.15) is 48.8 Å². The summed E-state index contributed by atoms with van der Waals surface area (Å²) in [6.07, 6.45) is 7.95. The number of fused-ring (bicyclic) bond motifs is 1. The lowest BCUT2D eigenvalue weighted by molar-refractivity contribution is -0.117. The molecule has 1 aliphatic rings. The van der Waals surface area contributed by atoms with Gasteiger partial charge in [-0.05, 0) is 56.5 Å². The minimum Gasteiger partial charge on any atom is -0.438 e. The van der Waals surface area contributed by atoms with Gasteiger partial charge >= 0.3 is 0 Å². The van der Waals surface area contributed by atoms with Gasteiger partial charge in [0, 0.05) is 12.2 Å². The maximum Gasteiger partial charge on any atom is 0.269 e. The van der Waals surface area contributed by atoms with Gasteiger partial charge in [0.25, 0.3) is 11.5 Å². The average molecular weight is 443 g/mol. The van der Waals surface area contributed by atoms with Crippen LogP contribution in [0.15, 0.2) is 53.0 Å². The number of ether oxygens (including phenoxy) is 1. The summed E-state index contributed by atoms with van der Waals surface area (Å²) < 4.78 is 7.37. The van der Waals surface area contributed by atoms with Crippen molar-refractivity contribution in [3.63, 3.8) is 0 Å². The number of pyridine rings is 1. The highest BCUT2D eigenvalue weighted by atomic mass is 16.5. The second-order valence-electron chi connectivity index (χ2n) is 8.41. The van der Waals surface area contributed by atoms with E-state index in [-0.39, 0.29) is 23.1 Å². The molecular weight excluding hydrogens is 416 g/mol. The molecule has 0 atom stereocenters. The first-order valence-electron chi connectivity index (χ1n) is 11.2. The van der Waals surface area contributed by atoms with Crippen LogP contribution >= 0.6 is 0 Å². The molecule has 168 valence electrons. The Balaban J connectivity index is 1.79. The third-order valence-corrected chi connectivity index (χ3v) is 5.88. The number of aromatic nitrogens is 2. The number of hydrogen-bond donors (Lipinski definition) is 1. The molecule has 0 saturated heterocycles. The lowest BCUT2D eigenvalue weighted by Gasteiger charge is -2.22. The first kappa shape index (κ1) is 22.3. The summed E-state index contributed by atoms with van der Waals surface area (Å²) in [7, 11) is 0. The molecule has 0 spiro atoms. The summed E-state index contributed by atoms with van der Waals surface area (Å²) in [4.78, 5) is 30.7. The number of carbonyl (C=O) groups is 1. The second-order valence-corrected chi connectivity index (χ2v) is 8.41. The Kier molecular flexibility index (Phi) is 6.55. The highest BCUT2D eigenvalue weighted by Gasteiger charge is 2.21. The predicted molar refractivity (Wildman–Crippen MR) is 126 cm³/mol. The van der Waals surface area contributed by atoms with Crippen molar-refractivity contribution in [3.05, 3.63) is 75.2 Å². The normalized spacial score (nSPS) is 14.6. The average Bonchev–Trinajstić information content (AvgIpc) is 2.82. The molecule has 2 aromatic heterocycles. The number of rotatable bonds is 5. The third-order valence-electron chi connectivity index (χ3n) is 5.88. The van der Waals surface area contributed by atoms with Gasteiger partial charge in [0.1, 0.15) is 28.6 Å². The number of aryl methyl sites for hydroxylation is 2. The highest BCUT2D eigenvalue weighted by Crippen LogP contribution is 2.25. The van der Waals surface area contributed by atoms with Gasteiger partial charge in [0.2, 0.25) is 5.88 Å². The number of nitrogens with zero attached hydrogens (tertiary/aromatic N) is 3. The Labute approximate surface area is 192 Å². The summed E-state index contributed by atoms with van der Waals surface area (Å²) in [6, 6.07) is 12.9. The first-order valence-corrected chi connectivity index (χ1v) is 11.2. The summed E-state index contributed by atoms with van der Waals surface area (Å²) in [5.41, 5.74) is 1.80. The molecule has 33 heavy (non-hydrogen) atoms. The van der Waals surface area contributed by atoms with E-state index in [1.54, 1.807) is 24.4 Å². The van der Waals surface area contributed by atoms with Crippen LogP contribution in [0.5, 0.6) is 11.6 Å². The molecule has 1 aliphatic carbocycles. The van der Waals surface area contributed by atoms with Crippen molar-refractivity contribution in [1.29, 1.82) is 5.26 Å². The number of carbonyl (C=O) groups excluding carboxylic acids is 1. The van der Waals surface area contributed by atoms with Crippen LogP contribution < -0.4 is 15.6 Å². The smallest absolute Gasteiger partial charge is 0.269 e. The summed E-state index contributed by atoms with van der Waals surface area (Å²) in [6.45, 7) is 3.82. The fourth-order valence-electron chi connectivity index (χ4n) is 4.01. The lowest BCUT2D eigenvalue weighted by Crippen LogP contribution is -2.36. The van der Waals surface area contributed by atoms with Crippen molar-refractivity contribution in [2.75, 3.05) is 0 Å². The molecule has 0 bridgehead atoms. The van der Waals surface area contributed by atoms with Crippen molar-refractivity contribution in [1.82, 2.24) is 14.7 Å². The predicted octanol–water partition coefficient (Wildman–Crippen LogP) is 4.46. The molecule has 3 aromatic rings. The third kappa shape index (κ3) is 4.96. The monoisotopic (exact) mass is 442 g/mol. The molecule has 1 N–H and O–H groups in total. The Bertz CT molecular complexity index is 1310. The molecule has 1 saturated carbocycles. The van der Waals surface area contributed by atoms with Crippen molar-refractivity contribution in [3.8, 4) is 17.7 Å². The van der Waals surface area contributed by atoms with E-state index in [0.29, 0.717) is 11.4 Å². The van der Waals surface area contributed by atoms with Gasteiger partial charge in [-0.2, -0.15) is 10.2 Å². The Hall–Kier alpha value is -3.92. The van der Waals surface area contributed by atoms with E-state index < -0.39 is 11.5 Å². The number of nitrogens with one attached hydrogen (secondary N) is 1.